The maximum Gasteiger partial charge on any atom is 0.325 e. The minimum atomic E-state index is -0.225. The van der Waals surface area contributed by atoms with Gasteiger partial charge in [-0.2, -0.15) is 0 Å². The molecule has 0 spiro atoms. The van der Waals surface area contributed by atoms with E-state index in [0.717, 1.165) is 18.7 Å². The zero-order valence-corrected chi connectivity index (χ0v) is 10.8. The number of nitrogens with zero attached hydrogens (tertiary/aromatic N) is 2. The van der Waals surface area contributed by atoms with Crippen LogP contribution in [0.3, 0.4) is 0 Å². The number of pyridine rings is 1. The first-order valence-electron chi connectivity index (χ1n) is 6.17. The van der Waals surface area contributed by atoms with Crippen LogP contribution in [0, 0.1) is 0 Å². The van der Waals surface area contributed by atoms with Crippen molar-refractivity contribution < 1.29 is 14.3 Å². The Hall–Kier alpha value is -1.78. The van der Waals surface area contributed by atoms with E-state index in [2.05, 4.69) is 4.98 Å². The minimum absolute atomic E-state index is 0.225. The molecule has 0 amide bonds. The van der Waals surface area contributed by atoms with Crippen LogP contribution in [0.15, 0.2) is 18.3 Å². The highest BCUT2D eigenvalue weighted by atomic mass is 16.5. The van der Waals surface area contributed by atoms with E-state index in [4.69, 9.17) is 9.47 Å². The average Bonchev–Trinajstić information content (AvgIpc) is 3.20. The number of hydrogen-bond acceptors (Lipinski definition) is 5. The Morgan fingerprint density at radius 1 is 1.56 bits per heavy atom. The van der Waals surface area contributed by atoms with Gasteiger partial charge >= 0.3 is 5.97 Å². The molecule has 0 N–H and O–H groups in total. The molecule has 1 aliphatic carbocycles. The normalized spacial score (nSPS) is 14.1. The van der Waals surface area contributed by atoms with E-state index in [9.17, 15) is 4.79 Å². The molecule has 1 aliphatic rings. The molecule has 2 rings (SSSR count). The van der Waals surface area contributed by atoms with Crippen molar-refractivity contribution in [3.8, 4) is 5.75 Å². The lowest BCUT2D eigenvalue weighted by Gasteiger charge is -2.23. The molecule has 0 aromatic carbocycles. The minimum Gasteiger partial charge on any atom is -0.493 e. The van der Waals surface area contributed by atoms with E-state index < -0.39 is 0 Å². The Balaban J connectivity index is 2.16. The highest BCUT2D eigenvalue weighted by molar-refractivity contribution is 5.76. The molecule has 0 aliphatic heterocycles. The van der Waals surface area contributed by atoms with Crippen molar-refractivity contribution in [3.05, 3.63) is 18.3 Å². The summed E-state index contributed by atoms with van der Waals surface area (Å²) >= 11 is 0. The van der Waals surface area contributed by atoms with Gasteiger partial charge in [0.2, 0.25) is 0 Å². The molecule has 0 bridgehead atoms. The van der Waals surface area contributed by atoms with Gasteiger partial charge in [0.1, 0.15) is 6.54 Å². The number of rotatable bonds is 6. The second-order valence-electron chi connectivity index (χ2n) is 4.19. The highest BCUT2D eigenvalue weighted by Gasteiger charge is 2.33. The fraction of sp³-hybridized carbons (Fsp3) is 0.538. The Bertz CT molecular complexity index is 418. The predicted molar refractivity (Wildman–Crippen MR) is 67.8 cm³/mol. The molecule has 18 heavy (non-hydrogen) atoms. The molecular formula is C13H18N2O3. The van der Waals surface area contributed by atoms with Crippen LogP contribution in [-0.2, 0) is 9.53 Å². The number of carbonyl (C=O) groups excluding carboxylic acids is 1. The van der Waals surface area contributed by atoms with Crippen LogP contribution in [-0.4, -0.2) is 37.3 Å². The lowest BCUT2D eigenvalue weighted by molar-refractivity contribution is -0.141. The van der Waals surface area contributed by atoms with Crippen molar-refractivity contribution >= 4 is 11.8 Å². The Morgan fingerprint density at radius 3 is 2.94 bits per heavy atom. The van der Waals surface area contributed by atoms with E-state index in [1.54, 1.807) is 20.2 Å². The number of ether oxygens (including phenoxy) is 2. The van der Waals surface area contributed by atoms with E-state index in [1.807, 2.05) is 17.0 Å². The summed E-state index contributed by atoms with van der Waals surface area (Å²) in [5.41, 5.74) is 0. The van der Waals surface area contributed by atoms with Gasteiger partial charge in [-0.15, -0.1) is 0 Å². The first kappa shape index (κ1) is 12.7. The largest absolute Gasteiger partial charge is 0.493 e. The summed E-state index contributed by atoms with van der Waals surface area (Å²) in [4.78, 5) is 17.9. The number of carbonyl (C=O) groups is 1. The summed E-state index contributed by atoms with van der Waals surface area (Å²) < 4.78 is 10.3. The third-order valence-corrected chi connectivity index (χ3v) is 2.84. The smallest absolute Gasteiger partial charge is 0.325 e. The molecule has 1 heterocycles. The standard InChI is InChI=1S/C13H18N2O3/c1-3-18-12(16)9-15(10-6-7-10)13-11(17-2)5-4-8-14-13/h4-5,8,10H,3,6-7,9H2,1-2H3. The van der Waals surface area contributed by atoms with Crippen LogP contribution in [0.1, 0.15) is 19.8 Å². The molecule has 5 heteroatoms. The third-order valence-electron chi connectivity index (χ3n) is 2.84. The van der Waals surface area contributed by atoms with E-state index in [-0.39, 0.29) is 12.5 Å². The molecule has 1 saturated carbocycles. The van der Waals surface area contributed by atoms with Crippen LogP contribution in [0.4, 0.5) is 5.82 Å². The summed E-state index contributed by atoms with van der Waals surface area (Å²) in [6.07, 6.45) is 3.87. The van der Waals surface area contributed by atoms with Crippen LogP contribution in [0.25, 0.3) is 0 Å². The number of methoxy groups -OCH3 is 1. The molecule has 0 radical (unpaired) electrons. The van der Waals surface area contributed by atoms with Gasteiger partial charge in [-0.3, -0.25) is 4.79 Å². The maximum absolute atomic E-state index is 11.6. The van der Waals surface area contributed by atoms with Gasteiger partial charge in [-0.05, 0) is 31.9 Å². The van der Waals surface area contributed by atoms with Crippen molar-refractivity contribution in [3.63, 3.8) is 0 Å². The maximum atomic E-state index is 11.6. The zero-order chi connectivity index (χ0) is 13.0. The molecule has 98 valence electrons. The zero-order valence-electron chi connectivity index (χ0n) is 10.8. The van der Waals surface area contributed by atoms with Gasteiger partial charge in [-0.25, -0.2) is 4.98 Å². The van der Waals surface area contributed by atoms with Crippen molar-refractivity contribution in [2.45, 2.75) is 25.8 Å². The summed E-state index contributed by atoms with van der Waals surface area (Å²) in [5, 5.41) is 0. The summed E-state index contributed by atoms with van der Waals surface area (Å²) in [6.45, 7) is 2.43. The lowest BCUT2D eigenvalue weighted by atomic mass is 10.3. The molecule has 1 fully saturated rings. The summed E-state index contributed by atoms with van der Waals surface area (Å²) in [6, 6.07) is 4.04. The second kappa shape index (κ2) is 5.71. The molecule has 5 nitrogen and oxygen atoms in total. The van der Waals surface area contributed by atoms with Gasteiger partial charge in [-0.1, -0.05) is 0 Å². The van der Waals surface area contributed by atoms with Crippen molar-refractivity contribution in [2.24, 2.45) is 0 Å². The Morgan fingerprint density at radius 2 is 2.33 bits per heavy atom. The van der Waals surface area contributed by atoms with Crippen molar-refractivity contribution in [2.75, 3.05) is 25.2 Å². The SMILES string of the molecule is CCOC(=O)CN(c1ncccc1OC)C1CC1. The Kier molecular flexibility index (Phi) is 4.02. The topological polar surface area (TPSA) is 51.7 Å². The van der Waals surface area contributed by atoms with Gasteiger partial charge in [0.25, 0.3) is 0 Å². The number of anilines is 1. The number of hydrogen-bond donors (Lipinski definition) is 0. The van der Waals surface area contributed by atoms with E-state index in [0.29, 0.717) is 18.4 Å². The summed E-state index contributed by atoms with van der Waals surface area (Å²) in [7, 11) is 1.61. The van der Waals surface area contributed by atoms with Gasteiger partial charge in [0, 0.05) is 12.2 Å². The van der Waals surface area contributed by atoms with Gasteiger partial charge in [0.05, 0.1) is 13.7 Å². The first-order chi connectivity index (χ1) is 8.76. The summed E-state index contributed by atoms with van der Waals surface area (Å²) in [5.74, 6) is 1.18. The predicted octanol–water partition coefficient (Wildman–Crippen LogP) is 1.62. The molecule has 1 aromatic heterocycles. The number of esters is 1. The van der Waals surface area contributed by atoms with Crippen molar-refractivity contribution in [1.82, 2.24) is 4.98 Å². The molecule has 0 atom stereocenters. The fourth-order valence-electron chi connectivity index (χ4n) is 1.87. The lowest BCUT2D eigenvalue weighted by Crippen LogP contribution is -2.33. The third kappa shape index (κ3) is 2.91. The monoisotopic (exact) mass is 250 g/mol. The van der Waals surface area contributed by atoms with Crippen molar-refractivity contribution in [1.29, 1.82) is 0 Å². The van der Waals surface area contributed by atoms with Gasteiger partial charge < -0.3 is 14.4 Å². The molecule has 0 saturated heterocycles. The molecular weight excluding hydrogens is 232 g/mol. The van der Waals surface area contributed by atoms with Crippen LogP contribution >= 0.6 is 0 Å². The van der Waals surface area contributed by atoms with Crippen LogP contribution in [0.2, 0.25) is 0 Å². The highest BCUT2D eigenvalue weighted by Crippen LogP contribution is 2.35. The van der Waals surface area contributed by atoms with Gasteiger partial charge in [0.15, 0.2) is 11.6 Å². The quantitative estimate of drug-likeness (QED) is 0.718. The van der Waals surface area contributed by atoms with Crippen LogP contribution in [0.5, 0.6) is 5.75 Å². The molecule has 0 unspecified atom stereocenters. The van der Waals surface area contributed by atoms with E-state index in [1.165, 1.54) is 0 Å². The van der Waals surface area contributed by atoms with Crippen LogP contribution < -0.4 is 9.64 Å². The first-order valence-corrected chi connectivity index (χ1v) is 6.17. The second-order valence-corrected chi connectivity index (χ2v) is 4.19. The Labute approximate surface area is 107 Å². The average molecular weight is 250 g/mol. The van der Waals surface area contributed by atoms with E-state index >= 15 is 0 Å². The number of aromatic nitrogens is 1. The molecule has 1 aromatic rings. The fourth-order valence-corrected chi connectivity index (χ4v) is 1.87.